The molecule has 2 fully saturated rings. The molecule has 0 spiro atoms. The average molecular weight is 312 g/mol. The Morgan fingerprint density at radius 3 is 2.00 bits per heavy atom. The average Bonchev–Trinajstić information content (AvgIpc) is 2.40. The summed E-state index contributed by atoms with van der Waals surface area (Å²) < 4.78 is 22.8. The Morgan fingerprint density at radius 2 is 1.48 bits per heavy atom. The fourth-order valence-corrected chi connectivity index (χ4v) is 6.12. The second-order valence-corrected chi connectivity index (χ2v) is 10.3. The number of allylic oxidation sites excluding steroid dienone is 2. The molecule has 4 aliphatic carbocycles. The highest BCUT2D eigenvalue weighted by molar-refractivity contribution is 7.53. The molecule has 4 nitrogen and oxygen atoms in total. The van der Waals surface area contributed by atoms with Gasteiger partial charge in [0.15, 0.2) is 0 Å². The van der Waals surface area contributed by atoms with E-state index in [2.05, 4.69) is 0 Å². The highest BCUT2D eigenvalue weighted by Crippen LogP contribution is 2.56. The van der Waals surface area contributed by atoms with Crippen LogP contribution in [0.4, 0.5) is 0 Å². The van der Waals surface area contributed by atoms with E-state index in [-0.39, 0.29) is 0 Å². The lowest BCUT2D eigenvalue weighted by atomic mass is 9.64. The maximum Gasteiger partial charge on any atom is 0.394 e. The van der Waals surface area contributed by atoms with Gasteiger partial charge in [-0.05, 0) is 90.0 Å². The van der Waals surface area contributed by atoms with Crippen molar-refractivity contribution in [1.29, 1.82) is 0 Å². The minimum absolute atomic E-state index is 0.856. The van der Waals surface area contributed by atoms with Gasteiger partial charge in [-0.25, -0.2) is 13.9 Å². The molecule has 0 aromatic heterocycles. The third-order valence-electron chi connectivity index (χ3n) is 5.48. The van der Waals surface area contributed by atoms with Crippen molar-refractivity contribution in [2.75, 3.05) is 28.2 Å². The van der Waals surface area contributed by atoms with Crippen molar-refractivity contribution in [3.05, 3.63) is 11.3 Å². The number of hydrogen-bond donors (Lipinski definition) is 0. The molecule has 0 heterocycles. The van der Waals surface area contributed by atoms with Crippen LogP contribution in [-0.2, 0) is 9.09 Å². The topological polar surface area (TPSA) is 32.8 Å². The maximum atomic E-state index is 13.1. The van der Waals surface area contributed by atoms with Crippen LogP contribution in [0.5, 0.6) is 0 Å². The molecule has 4 rings (SSSR count). The lowest BCUT2D eigenvalue weighted by Gasteiger charge is -2.43. The molecule has 0 N–H and O–H groups in total. The molecule has 2 unspecified atom stereocenters. The molecule has 5 heteroatoms. The van der Waals surface area contributed by atoms with E-state index in [0.717, 1.165) is 29.9 Å². The Labute approximate surface area is 129 Å². The van der Waals surface area contributed by atoms with Gasteiger partial charge in [0.05, 0.1) is 0 Å². The van der Waals surface area contributed by atoms with Crippen LogP contribution in [-0.4, -0.2) is 37.5 Å². The van der Waals surface area contributed by atoms with E-state index < -0.39 is 7.67 Å². The summed E-state index contributed by atoms with van der Waals surface area (Å²) in [6.07, 6.45) is 8.79. The first-order valence-electron chi connectivity index (χ1n) is 8.24. The molecule has 4 aliphatic rings. The molecule has 0 saturated heterocycles. The van der Waals surface area contributed by atoms with Crippen LogP contribution in [0.1, 0.15) is 44.9 Å². The third kappa shape index (κ3) is 2.95. The Balaban J connectivity index is 1.88. The van der Waals surface area contributed by atoms with Crippen LogP contribution >= 0.6 is 7.67 Å². The molecule has 0 aliphatic heterocycles. The number of rotatable bonds is 4. The van der Waals surface area contributed by atoms with Crippen LogP contribution < -0.4 is 0 Å². The normalized spacial score (nSPS) is 32.8. The van der Waals surface area contributed by atoms with E-state index in [1.54, 1.807) is 9.34 Å². The van der Waals surface area contributed by atoms with E-state index in [1.807, 2.05) is 28.2 Å². The molecule has 0 aromatic carbocycles. The Morgan fingerprint density at radius 1 is 0.952 bits per heavy atom. The van der Waals surface area contributed by atoms with Crippen LogP contribution in [0, 0.1) is 17.8 Å². The number of nitrogens with zero attached hydrogens (tertiary/aromatic N) is 2. The van der Waals surface area contributed by atoms with Gasteiger partial charge in [-0.3, -0.25) is 0 Å². The second-order valence-electron chi connectivity index (χ2n) is 7.56. The van der Waals surface area contributed by atoms with Crippen molar-refractivity contribution in [3.8, 4) is 0 Å². The van der Waals surface area contributed by atoms with Gasteiger partial charge in [-0.1, -0.05) is 0 Å². The zero-order valence-corrected chi connectivity index (χ0v) is 14.7. The van der Waals surface area contributed by atoms with Crippen molar-refractivity contribution in [2.24, 2.45) is 17.8 Å². The van der Waals surface area contributed by atoms with Gasteiger partial charge in [-0.15, -0.1) is 0 Å². The van der Waals surface area contributed by atoms with Gasteiger partial charge >= 0.3 is 7.67 Å². The first-order chi connectivity index (χ1) is 9.88. The van der Waals surface area contributed by atoms with E-state index in [4.69, 9.17) is 4.52 Å². The molecule has 0 aromatic rings. The van der Waals surface area contributed by atoms with Crippen LogP contribution in [0.2, 0.25) is 0 Å². The van der Waals surface area contributed by atoms with E-state index in [1.165, 1.54) is 44.1 Å². The van der Waals surface area contributed by atoms with Gasteiger partial charge in [0.2, 0.25) is 0 Å². The van der Waals surface area contributed by atoms with Crippen LogP contribution in [0.3, 0.4) is 0 Å². The zero-order valence-electron chi connectivity index (χ0n) is 13.8. The summed E-state index contributed by atoms with van der Waals surface area (Å²) in [5.41, 5.74) is 1.47. The third-order valence-corrected chi connectivity index (χ3v) is 7.96. The van der Waals surface area contributed by atoms with E-state index >= 15 is 0 Å². The van der Waals surface area contributed by atoms with Gasteiger partial charge < -0.3 is 4.52 Å². The molecule has 21 heavy (non-hydrogen) atoms. The van der Waals surface area contributed by atoms with Crippen LogP contribution in [0.15, 0.2) is 11.3 Å². The Bertz CT molecular complexity index is 459. The lowest BCUT2D eigenvalue weighted by molar-refractivity contribution is 0.139. The van der Waals surface area contributed by atoms with Crippen molar-refractivity contribution in [2.45, 2.75) is 44.9 Å². The molecule has 0 amide bonds. The fraction of sp³-hybridized carbons (Fsp3) is 0.875. The smallest absolute Gasteiger partial charge is 0.394 e. The highest BCUT2D eigenvalue weighted by Gasteiger charge is 2.39. The predicted molar refractivity (Wildman–Crippen MR) is 85.9 cm³/mol. The minimum atomic E-state index is -2.91. The molecule has 120 valence electrons. The lowest BCUT2D eigenvalue weighted by Crippen LogP contribution is -2.31. The Kier molecular flexibility index (Phi) is 4.24. The second kappa shape index (κ2) is 5.72. The fourth-order valence-electron chi connectivity index (χ4n) is 4.57. The quantitative estimate of drug-likeness (QED) is 0.731. The summed E-state index contributed by atoms with van der Waals surface area (Å²) in [5, 5.41) is 0. The molecular formula is C16H29N2O2P. The van der Waals surface area contributed by atoms with E-state index in [9.17, 15) is 4.57 Å². The van der Waals surface area contributed by atoms with Gasteiger partial charge in [0.25, 0.3) is 0 Å². The van der Waals surface area contributed by atoms with Gasteiger partial charge in [0.1, 0.15) is 5.76 Å². The summed E-state index contributed by atoms with van der Waals surface area (Å²) in [6, 6.07) is 0. The monoisotopic (exact) mass is 312 g/mol. The molecule has 4 bridgehead atoms. The number of fused-ring (bicyclic) bond motifs is 2. The van der Waals surface area contributed by atoms with Crippen molar-refractivity contribution in [3.63, 3.8) is 0 Å². The highest BCUT2D eigenvalue weighted by atomic mass is 31.2. The molecule has 0 radical (unpaired) electrons. The van der Waals surface area contributed by atoms with E-state index in [0.29, 0.717) is 0 Å². The summed E-state index contributed by atoms with van der Waals surface area (Å²) in [4.78, 5) is 0. The summed E-state index contributed by atoms with van der Waals surface area (Å²) >= 11 is 0. The Hall–Kier alpha value is -0.310. The molecule has 2 atom stereocenters. The summed E-state index contributed by atoms with van der Waals surface area (Å²) in [7, 11) is 4.47. The first-order valence-corrected chi connectivity index (χ1v) is 9.77. The summed E-state index contributed by atoms with van der Waals surface area (Å²) in [6.45, 7) is 0. The molecule has 2 saturated carbocycles. The standard InChI is InChI=1S/C16H29N2O2P/c1-17(2)21(19,18(3)4)20-16-6-5-12-7-13-9-14(8-12)11-15(16)10-13/h12-14H,5-11H2,1-4H3. The zero-order chi connectivity index (χ0) is 15.2. The van der Waals surface area contributed by atoms with Crippen LogP contribution in [0.25, 0.3) is 0 Å². The van der Waals surface area contributed by atoms with Crippen molar-refractivity contribution in [1.82, 2.24) is 9.34 Å². The van der Waals surface area contributed by atoms with Gasteiger partial charge in [-0.2, -0.15) is 0 Å². The largest absolute Gasteiger partial charge is 0.426 e. The molecular weight excluding hydrogens is 283 g/mol. The maximum absolute atomic E-state index is 13.1. The SMILES string of the molecule is CN(C)P(=O)(OC1=C2CC3CC(CC1)CC(C2)C3)N(C)C. The van der Waals surface area contributed by atoms with Gasteiger partial charge in [0, 0.05) is 6.42 Å². The predicted octanol–water partition coefficient (Wildman–Crippen LogP) is 4.11. The van der Waals surface area contributed by atoms with Crippen molar-refractivity contribution >= 4 is 7.67 Å². The minimum Gasteiger partial charge on any atom is -0.426 e. The first kappa shape index (κ1) is 15.6. The number of hydrogen-bond acceptors (Lipinski definition) is 2. The summed E-state index contributed by atoms with van der Waals surface area (Å²) in [5.74, 6) is 3.64. The van der Waals surface area contributed by atoms with Crippen molar-refractivity contribution < 1.29 is 9.09 Å².